The molecule has 0 amide bonds. The van der Waals surface area contributed by atoms with Gasteiger partial charge in [0.15, 0.2) is 0 Å². The van der Waals surface area contributed by atoms with Crippen molar-refractivity contribution >= 4 is 49.8 Å². The first-order valence-corrected chi connectivity index (χ1v) is 15.6. The van der Waals surface area contributed by atoms with E-state index in [-0.39, 0.29) is 4.90 Å². The number of hydrogen-bond acceptors (Lipinski definition) is 2. The zero-order valence-corrected chi connectivity index (χ0v) is 26.9. The number of fused-ring (bicyclic) bond motifs is 5. The van der Waals surface area contributed by atoms with Crippen molar-refractivity contribution in [1.29, 1.82) is 0 Å². The molecule has 54 heavy (non-hydrogen) atoms. The van der Waals surface area contributed by atoms with Crippen molar-refractivity contribution in [2.24, 2.45) is 0 Å². The van der Waals surface area contributed by atoms with Gasteiger partial charge in [-0.1, -0.05) is 157 Å². The van der Waals surface area contributed by atoms with E-state index in [1.54, 1.807) is 0 Å². The van der Waals surface area contributed by atoms with Gasteiger partial charge in [0.25, 0.3) is 0 Å². The quantitative estimate of drug-likeness (QED) is 0.163. The largest absolute Gasteiger partial charge is 0.455 e. The first-order valence-electron chi connectivity index (χ1n) is 33.1. The van der Waals surface area contributed by atoms with Gasteiger partial charge in [-0.3, -0.25) is 0 Å². The van der Waals surface area contributed by atoms with E-state index in [1.165, 1.54) is 0 Å². The second kappa shape index (κ2) is 13.4. The molecule has 254 valence electrons. The Kier molecular flexibility index (Phi) is 2.97. The highest BCUT2D eigenvalue weighted by atomic mass is 16.3. The second-order valence-electron chi connectivity index (χ2n) is 11.0. The number of nitrogens with zero attached hydrogens (tertiary/aromatic N) is 1. The average Bonchev–Trinajstić information content (AvgIpc) is 1.70. The van der Waals surface area contributed by atoms with E-state index in [4.69, 9.17) is 30.5 Å². The van der Waals surface area contributed by atoms with Gasteiger partial charge in [0, 0.05) is 33.2 Å². The summed E-state index contributed by atoms with van der Waals surface area (Å²) in [5.41, 5.74) is -12.0. The lowest BCUT2D eigenvalue weighted by Crippen LogP contribution is -2.09. The molecule has 0 aliphatic heterocycles. The molecule has 2 heteroatoms. The van der Waals surface area contributed by atoms with E-state index in [9.17, 15) is 21.9 Å². The van der Waals surface area contributed by atoms with Crippen molar-refractivity contribution in [2.75, 3.05) is 4.90 Å². The van der Waals surface area contributed by atoms with Crippen LogP contribution < -0.4 is 4.90 Å². The lowest BCUT2D eigenvalue weighted by Gasteiger charge is -2.26. The van der Waals surface area contributed by atoms with Crippen LogP contribution in [0, 0.1) is 0 Å². The van der Waals surface area contributed by atoms with Crippen molar-refractivity contribution in [1.82, 2.24) is 0 Å². The minimum atomic E-state index is -1.35. The fourth-order valence-electron chi connectivity index (χ4n) is 5.46. The number of rotatable bonds is 7. The van der Waals surface area contributed by atoms with Crippen molar-refractivity contribution < 1.29 is 52.4 Å². The Labute approximate surface area is 364 Å². The smallest absolute Gasteiger partial charge is 0.143 e. The monoisotopic (exact) mass is 724 g/mol. The van der Waals surface area contributed by atoms with E-state index in [0.29, 0.717) is 0 Å². The molecule has 0 fully saturated rings. The van der Waals surface area contributed by atoms with Gasteiger partial charge in [-0.05, 0) is 104 Å². The van der Waals surface area contributed by atoms with Gasteiger partial charge >= 0.3 is 0 Å². The zero-order valence-electron chi connectivity index (χ0n) is 61.9. The Morgan fingerprint density at radius 3 is 1.24 bits per heavy atom. The van der Waals surface area contributed by atoms with Crippen molar-refractivity contribution in [3.63, 3.8) is 0 Å². The molecule has 2 nitrogen and oxygen atoms in total. The normalized spacial score (nSPS) is 20.4. The zero-order chi connectivity index (χ0) is 66.3. The number of anilines is 3. The predicted octanol–water partition coefficient (Wildman–Crippen LogP) is 14.9. The molecule has 9 aromatic carbocycles. The van der Waals surface area contributed by atoms with Gasteiger partial charge in [-0.25, -0.2) is 0 Å². The molecule has 0 saturated carbocycles. The summed E-state index contributed by atoms with van der Waals surface area (Å²) in [5, 5.41) is -2.41. The third-order valence-electron chi connectivity index (χ3n) is 7.88. The van der Waals surface area contributed by atoms with Crippen LogP contribution in [0.1, 0.15) is 48.0 Å². The van der Waals surface area contributed by atoms with Crippen LogP contribution in [0.3, 0.4) is 0 Å². The second-order valence-corrected chi connectivity index (χ2v) is 11.0. The first-order chi connectivity index (χ1) is 41.4. The van der Waals surface area contributed by atoms with Crippen molar-refractivity contribution in [3.8, 4) is 44.5 Å². The van der Waals surface area contributed by atoms with Crippen LogP contribution in [0.2, 0.25) is 0 Å². The standard InChI is InChI=1S/C52H35NO/c1-4-12-36(13-5-1)38-20-27-43(28-21-38)53(44-29-22-39(23-30-44)37-14-6-2-7-15-37)45-31-24-40(25-32-45)42-26-33-47-50-35-49(41-16-8-3-9-17-41)46-18-10-11-19-48(46)52(50)54-51(47)34-42/h1-35H/i1D,2D,3D,4D,5D,6D,7D,8D,9D,10D,11D,12D,13D,14D,15D,16D,17D,18D,19D,20D,21D,22D,23D,24D,25D,26D,27D,28D,29D,30D,31D,32D,33D,34D,35D. The first kappa shape index (κ1) is 11.9. The maximum Gasteiger partial charge on any atom is 0.143 e. The van der Waals surface area contributed by atoms with Crippen molar-refractivity contribution in [2.45, 2.75) is 0 Å². The molecule has 1 heterocycles. The van der Waals surface area contributed by atoms with Gasteiger partial charge in [0.1, 0.15) is 11.2 Å². The fourth-order valence-corrected chi connectivity index (χ4v) is 5.46. The number of hydrogen-bond donors (Lipinski definition) is 0. The molecule has 0 aliphatic rings. The molecule has 0 N–H and O–H groups in total. The topological polar surface area (TPSA) is 16.4 Å². The summed E-state index contributed by atoms with van der Waals surface area (Å²) >= 11 is 0. The highest BCUT2D eigenvalue weighted by Gasteiger charge is 2.17. The molecule has 10 aromatic rings. The van der Waals surface area contributed by atoms with E-state index in [2.05, 4.69) is 0 Å². The molecule has 0 radical (unpaired) electrons. The Hall–Kier alpha value is -7.16. The molecule has 0 saturated heterocycles. The maximum atomic E-state index is 9.64. The van der Waals surface area contributed by atoms with E-state index in [1.807, 2.05) is 0 Å². The van der Waals surface area contributed by atoms with E-state index >= 15 is 0 Å². The van der Waals surface area contributed by atoms with Crippen LogP contribution in [0.4, 0.5) is 17.1 Å². The van der Waals surface area contributed by atoms with Crippen LogP contribution in [0.25, 0.3) is 77.2 Å². The molecular weight excluding hydrogens is 655 g/mol. The summed E-state index contributed by atoms with van der Waals surface area (Å²) in [5.74, 6) is 0. The van der Waals surface area contributed by atoms with Gasteiger partial charge in [0.05, 0.1) is 48.0 Å². The molecule has 0 aliphatic carbocycles. The summed E-state index contributed by atoms with van der Waals surface area (Å²) in [6, 6.07) is -37.2. The molecule has 0 atom stereocenters. The minimum Gasteiger partial charge on any atom is -0.455 e. The number of furan rings is 1. The third kappa shape index (κ3) is 5.71. The highest BCUT2D eigenvalue weighted by molar-refractivity contribution is 6.19. The highest BCUT2D eigenvalue weighted by Crippen LogP contribution is 2.42. The molecule has 10 rings (SSSR count). The van der Waals surface area contributed by atoms with Crippen molar-refractivity contribution in [3.05, 3.63) is 211 Å². The Balaban J connectivity index is 1.33. The number of benzene rings is 9. The van der Waals surface area contributed by atoms with Gasteiger partial charge in [-0.2, -0.15) is 0 Å². The van der Waals surface area contributed by atoms with Gasteiger partial charge in [0.2, 0.25) is 0 Å². The molecule has 1 aromatic heterocycles. The third-order valence-corrected chi connectivity index (χ3v) is 7.88. The van der Waals surface area contributed by atoms with E-state index < -0.39 is 306 Å². The van der Waals surface area contributed by atoms with E-state index in [0.717, 1.165) is 0 Å². The van der Waals surface area contributed by atoms with Crippen LogP contribution in [0.5, 0.6) is 0 Å². The summed E-state index contributed by atoms with van der Waals surface area (Å²) in [7, 11) is 0. The molecular formula is C52H35NO. The summed E-state index contributed by atoms with van der Waals surface area (Å²) < 4.78 is 319. The summed E-state index contributed by atoms with van der Waals surface area (Å²) in [6.45, 7) is 0. The Morgan fingerprint density at radius 1 is 0.315 bits per heavy atom. The molecule has 0 unspecified atom stereocenters. The van der Waals surface area contributed by atoms with Gasteiger partial charge in [-0.15, -0.1) is 0 Å². The van der Waals surface area contributed by atoms with Crippen LogP contribution in [-0.4, -0.2) is 0 Å². The van der Waals surface area contributed by atoms with Crippen LogP contribution >= 0.6 is 0 Å². The lowest BCUT2D eigenvalue weighted by atomic mass is 9.95. The average molecular weight is 725 g/mol. The Morgan fingerprint density at radius 2 is 0.722 bits per heavy atom. The van der Waals surface area contributed by atoms with Gasteiger partial charge < -0.3 is 9.32 Å². The predicted molar refractivity (Wildman–Crippen MR) is 228 cm³/mol. The lowest BCUT2D eigenvalue weighted by molar-refractivity contribution is 0.673. The maximum absolute atomic E-state index is 9.64. The SMILES string of the molecule is [2H]c1c([2H])c([2H])c(-c2c([2H])c([2H])c(N(c3c([2H])c([2H])c(-c4c([2H])c([2H])c([2H])c([2H])c4[2H])c([2H])c3[2H])c3c([2H])c([2H])c(-c4c([2H])c([2H])c5c(oc6c7c([2H])c([2H])c([2H])c([2H])c7c(-c7c([2H])c([2H])c([2H])c([2H])c7[2H])c([2H])c65)c4[2H])c([2H])c3[2H])c([2H])c2[2H])c([2H])c1[2H]. The minimum absolute atomic E-state index is 0.251. The molecule has 0 bridgehead atoms. The molecule has 0 spiro atoms. The van der Waals surface area contributed by atoms with Crippen LogP contribution in [-0.2, 0) is 0 Å². The summed E-state index contributed by atoms with van der Waals surface area (Å²) in [6.07, 6.45) is 0. The summed E-state index contributed by atoms with van der Waals surface area (Å²) in [4.78, 5) is 0.251. The fraction of sp³-hybridized carbons (Fsp3) is 0. The Bertz CT molecular complexity index is 4660. The van der Waals surface area contributed by atoms with Crippen LogP contribution in [0.15, 0.2) is 216 Å².